The third-order valence-electron chi connectivity index (χ3n) is 4.38. The van der Waals surface area contributed by atoms with Crippen molar-refractivity contribution in [2.45, 2.75) is 32.1 Å². The summed E-state index contributed by atoms with van der Waals surface area (Å²) in [6.45, 7) is 3.01. The quantitative estimate of drug-likeness (QED) is 0.797. The van der Waals surface area contributed by atoms with Crippen molar-refractivity contribution in [1.29, 1.82) is 0 Å². The number of amides is 1. The molecule has 1 aliphatic carbocycles. The van der Waals surface area contributed by atoms with E-state index in [4.69, 9.17) is 10.5 Å². The van der Waals surface area contributed by atoms with E-state index in [-0.39, 0.29) is 5.41 Å². The first-order valence-corrected chi connectivity index (χ1v) is 6.70. The topological polar surface area (TPSA) is 55.6 Å². The van der Waals surface area contributed by atoms with E-state index in [1.807, 2.05) is 4.90 Å². The van der Waals surface area contributed by atoms with Gasteiger partial charge in [-0.05, 0) is 19.3 Å². The summed E-state index contributed by atoms with van der Waals surface area (Å²) in [4.78, 5) is 14.6. The van der Waals surface area contributed by atoms with Gasteiger partial charge in [0.05, 0.1) is 12.0 Å². The summed E-state index contributed by atoms with van der Waals surface area (Å²) in [6.07, 6.45) is 5.33. The summed E-state index contributed by atoms with van der Waals surface area (Å²) in [5, 5.41) is 0. The Labute approximate surface area is 103 Å². The van der Waals surface area contributed by atoms with E-state index in [0.29, 0.717) is 18.4 Å². The van der Waals surface area contributed by atoms with Crippen molar-refractivity contribution in [1.82, 2.24) is 4.90 Å². The Morgan fingerprint density at radius 2 is 2.18 bits per heavy atom. The van der Waals surface area contributed by atoms with Gasteiger partial charge in [0, 0.05) is 32.7 Å². The summed E-state index contributed by atoms with van der Waals surface area (Å²) in [6, 6.07) is 0. The van der Waals surface area contributed by atoms with Gasteiger partial charge < -0.3 is 15.4 Å². The van der Waals surface area contributed by atoms with Gasteiger partial charge in [-0.1, -0.05) is 12.8 Å². The second kappa shape index (κ2) is 5.36. The maximum absolute atomic E-state index is 12.6. The van der Waals surface area contributed by atoms with Crippen LogP contribution in [0.1, 0.15) is 32.1 Å². The highest BCUT2D eigenvalue weighted by atomic mass is 16.5. The Balaban J connectivity index is 1.96. The van der Waals surface area contributed by atoms with Crippen molar-refractivity contribution in [3.05, 3.63) is 0 Å². The van der Waals surface area contributed by atoms with Crippen LogP contribution in [-0.4, -0.2) is 44.2 Å². The van der Waals surface area contributed by atoms with Crippen LogP contribution in [0.2, 0.25) is 0 Å². The number of hydrogen-bond acceptors (Lipinski definition) is 3. The standard InChI is InChI=1S/C13H24N2O2/c1-17-9-11-4-7-15(8-11)12(16)13(10-14)5-2-3-6-13/h11H,2-10,14H2,1H3. The molecule has 4 nitrogen and oxygen atoms in total. The first-order valence-electron chi connectivity index (χ1n) is 6.70. The van der Waals surface area contributed by atoms with Gasteiger partial charge in [-0.25, -0.2) is 0 Å². The molecule has 2 N–H and O–H groups in total. The molecular weight excluding hydrogens is 216 g/mol. The van der Waals surface area contributed by atoms with Crippen LogP contribution in [-0.2, 0) is 9.53 Å². The van der Waals surface area contributed by atoms with E-state index in [1.165, 1.54) is 0 Å². The van der Waals surface area contributed by atoms with E-state index in [1.54, 1.807) is 7.11 Å². The number of ether oxygens (including phenoxy) is 1. The number of nitrogens with zero attached hydrogens (tertiary/aromatic N) is 1. The number of nitrogens with two attached hydrogens (primary N) is 1. The second-order valence-corrected chi connectivity index (χ2v) is 5.55. The molecule has 2 aliphatic rings. The zero-order valence-electron chi connectivity index (χ0n) is 10.8. The number of rotatable bonds is 4. The molecule has 98 valence electrons. The molecule has 1 saturated heterocycles. The average molecular weight is 240 g/mol. The number of methoxy groups -OCH3 is 1. The van der Waals surface area contributed by atoms with E-state index in [9.17, 15) is 4.79 Å². The van der Waals surface area contributed by atoms with Crippen LogP contribution in [0.25, 0.3) is 0 Å². The lowest BCUT2D eigenvalue weighted by Gasteiger charge is -2.31. The van der Waals surface area contributed by atoms with Crippen LogP contribution in [0.4, 0.5) is 0 Å². The van der Waals surface area contributed by atoms with Crippen molar-refractivity contribution in [2.75, 3.05) is 33.4 Å². The maximum atomic E-state index is 12.6. The summed E-state index contributed by atoms with van der Waals surface area (Å²) < 4.78 is 5.17. The van der Waals surface area contributed by atoms with Gasteiger partial charge in [-0.3, -0.25) is 4.79 Å². The Bertz CT molecular complexity index is 275. The first kappa shape index (κ1) is 12.8. The van der Waals surface area contributed by atoms with Crippen molar-refractivity contribution in [2.24, 2.45) is 17.1 Å². The SMILES string of the molecule is COCC1CCN(C(=O)C2(CN)CCCC2)C1. The second-order valence-electron chi connectivity index (χ2n) is 5.55. The fourth-order valence-electron chi connectivity index (χ4n) is 3.28. The molecular formula is C13H24N2O2. The van der Waals surface area contributed by atoms with E-state index in [2.05, 4.69) is 0 Å². The molecule has 1 aliphatic heterocycles. The average Bonchev–Trinajstić information content (AvgIpc) is 2.98. The molecule has 1 saturated carbocycles. The van der Waals surface area contributed by atoms with Gasteiger partial charge in [-0.2, -0.15) is 0 Å². The summed E-state index contributed by atoms with van der Waals surface area (Å²) in [5.74, 6) is 0.816. The largest absolute Gasteiger partial charge is 0.384 e. The third-order valence-corrected chi connectivity index (χ3v) is 4.38. The normalized spacial score (nSPS) is 27.6. The molecule has 0 radical (unpaired) electrons. The van der Waals surface area contributed by atoms with Crippen LogP contribution in [0.15, 0.2) is 0 Å². The zero-order chi connectivity index (χ0) is 12.3. The summed E-state index contributed by atoms with van der Waals surface area (Å²) in [7, 11) is 1.73. The lowest BCUT2D eigenvalue weighted by Crippen LogP contribution is -2.45. The van der Waals surface area contributed by atoms with E-state index >= 15 is 0 Å². The van der Waals surface area contributed by atoms with Gasteiger partial charge >= 0.3 is 0 Å². The fourth-order valence-corrected chi connectivity index (χ4v) is 3.28. The van der Waals surface area contributed by atoms with Crippen molar-refractivity contribution in [3.8, 4) is 0 Å². The highest BCUT2D eigenvalue weighted by Crippen LogP contribution is 2.39. The fraction of sp³-hybridized carbons (Fsp3) is 0.923. The monoisotopic (exact) mass is 240 g/mol. The molecule has 4 heteroatoms. The molecule has 17 heavy (non-hydrogen) atoms. The minimum atomic E-state index is -0.234. The van der Waals surface area contributed by atoms with Gasteiger partial charge in [0.1, 0.15) is 0 Å². The van der Waals surface area contributed by atoms with Crippen LogP contribution >= 0.6 is 0 Å². The molecule has 1 amide bonds. The molecule has 0 spiro atoms. The Kier molecular flexibility index (Phi) is 4.05. The zero-order valence-corrected chi connectivity index (χ0v) is 10.8. The van der Waals surface area contributed by atoms with Crippen molar-refractivity contribution < 1.29 is 9.53 Å². The van der Waals surface area contributed by atoms with Gasteiger partial charge in [-0.15, -0.1) is 0 Å². The number of carbonyl (C=O) groups excluding carboxylic acids is 1. The molecule has 1 heterocycles. The third kappa shape index (κ3) is 2.47. The number of likely N-dealkylation sites (tertiary alicyclic amines) is 1. The molecule has 1 atom stereocenters. The predicted octanol–water partition coefficient (Wildman–Crippen LogP) is 1.00. The van der Waals surface area contributed by atoms with Gasteiger partial charge in [0.15, 0.2) is 0 Å². The summed E-state index contributed by atoms with van der Waals surface area (Å²) in [5.41, 5.74) is 5.62. The van der Waals surface area contributed by atoms with Crippen molar-refractivity contribution in [3.63, 3.8) is 0 Å². The molecule has 2 fully saturated rings. The van der Waals surface area contributed by atoms with Crippen LogP contribution in [0, 0.1) is 11.3 Å². The van der Waals surface area contributed by atoms with Crippen molar-refractivity contribution >= 4 is 5.91 Å². The molecule has 2 rings (SSSR count). The van der Waals surface area contributed by atoms with Crippen LogP contribution in [0.5, 0.6) is 0 Å². The van der Waals surface area contributed by atoms with E-state index in [0.717, 1.165) is 51.8 Å². The Hall–Kier alpha value is -0.610. The van der Waals surface area contributed by atoms with Crippen LogP contribution in [0.3, 0.4) is 0 Å². The smallest absolute Gasteiger partial charge is 0.230 e. The minimum absolute atomic E-state index is 0.234. The first-order chi connectivity index (χ1) is 8.22. The van der Waals surface area contributed by atoms with Gasteiger partial charge in [0.25, 0.3) is 0 Å². The molecule has 0 aromatic rings. The van der Waals surface area contributed by atoms with E-state index < -0.39 is 0 Å². The summed E-state index contributed by atoms with van der Waals surface area (Å²) >= 11 is 0. The lowest BCUT2D eigenvalue weighted by molar-refractivity contribution is -0.140. The number of hydrogen-bond donors (Lipinski definition) is 1. The highest BCUT2D eigenvalue weighted by molar-refractivity contribution is 5.83. The van der Waals surface area contributed by atoms with Crippen LogP contribution < -0.4 is 5.73 Å². The predicted molar refractivity (Wildman–Crippen MR) is 66.5 cm³/mol. The molecule has 0 aromatic heterocycles. The number of carbonyl (C=O) groups is 1. The molecule has 0 bridgehead atoms. The Morgan fingerprint density at radius 3 is 2.76 bits per heavy atom. The molecule has 0 aromatic carbocycles. The van der Waals surface area contributed by atoms with Gasteiger partial charge in [0.2, 0.25) is 5.91 Å². The maximum Gasteiger partial charge on any atom is 0.230 e. The highest BCUT2D eigenvalue weighted by Gasteiger charge is 2.43. The minimum Gasteiger partial charge on any atom is -0.384 e. The molecule has 1 unspecified atom stereocenters. The lowest BCUT2D eigenvalue weighted by atomic mass is 9.84. The Morgan fingerprint density at radius 1 is 1.47 bits per heavy atom.